The summed E-state index contributed by atoms with van der Waals surface area (Å²) in [7, 11) is -0.419. The molecule has 1 heterocycles. The lowest BCUT2D eigenvalue weighted by Gasteiger charge is -2.32. The van der Waals surface area contributed by atoms with E-state index in [9.17, 15) is 0 Å². The zero-order chi connectivity index (χ0) is 15.1. The lowest BCUT2D eigenvalue weighted by atomic mass is 9.79. The second-order valence-corrected chi connectivity index (χ2v) is 6.59. The van der Waals surface area contributed by atoms with Crippen LogP contribution >= 0.6 is 12.4 Å². The highest BCUT2D eigenvalue weighted by molar-refractivity contribution is 6.62. The van der Waals surface area contributed by atoms with E-state index in [0.29, 0.717) is 5.69 Å². The van der Waals surface area contributed by atoms with E-state index in [2.05, 4.69) is 0 Å². The van der Waals surface area contributed by atoms with Crippen LogP contribution in [0.25, 0.3) is 0 Å². The number of nitrogens with two attached hydrogens (primary N) is 1. The maximum atomic E-state index is 6.03. The van der Waals surface area contributed by atoms with Gasteiger partial charge in [0.25, 0.3) is 0 Å². The molecule has 118 valence electrons. The predicted molar refractivity (Wildman–Crippen MR) is 89.6 cm³/mol. The third kappa shape index (κ3) is 3.85. The molecule has 1 aromatic rings. The van der Waals surface area contributed by atoms with Crippen molar-refractivity contribution in [1.82, 2.24) is 0 Å². The Hall–Kier alpha value is -0.905. The fourth-order valence-electron chi connectivity index (χ4n) is 2.10. The first-order valence-corrected chi connectivity index (χ1v) is 7.03. The Kier molecular flexibility index (Phi) is 5.24. The minimum atomic E-state index is -0.419. The Morgan fingerprint density at radius 3 is 2.05 bits per heavy atom. The molecule has 1 aliphatic rings. The van der Waals surface area contributed by atoms with Crippen LogP contribution in [0.3, 0.4) is 0 Å². The molecule has 0 aliphatic carbocycles. The number of halogens is 1. The molecule has 0 aromatic heterocycles. The van der Waals surface area contributed by atoms with Crippen LogP contribution in [0.4, 0.5) is 5.69 Å². The number of hydrogen-bond donors (Lipinski definition) is 1. The van der Waals surface area contributed by atoms with Crippen LogP contribution in [0.2, 0.25) is 0 Å². The zero-order valence-electron chi connectivity index (χ0n) is 13.6. The minimum absolute atomic E-state index is 0. The minimum Gasteiger partial charge on any atom is -0.491 e. The largest absolute Gasteiger partial charge is 0.495 e. The third-order valence-corrected chi connectivity index (χ3v) is 3.85. The van der Waals surface area contributed by atoms with Gasteiger partial charge in [0.2, 0.25) is 0 Å². The number of rotatable bonds is 3. The highest BCUT2D eigenvalue weighted by Gasteiger charge is 2.51. The highest BCUT2D eigenvalue weighted by atomic mass is 35.5. The van der Waals surface area contributed by atoms with Gasteiger partial charge >= 0.3 is 7.12 Å². The number of ether oxygens (including phenoxy) is 1. The molecule has 0 bridgehead atoms. The quantitative estimate of drug-likeness (QED) is 0.688. The standard InChI is InChI=1S/C15H24BNO3.ClH/c1-10(2)18-13-8-11(7-12(17)9-13)16-19-14(3,4)15(5,6)20-16;/h7-10H,17H2,1-6H3;1H. The molecule has 1 aromatic carbocycles. The number of anilines is 1. The summed E-state index contributed by atoms with van der Waals surface area (Å²) in [6, 6.07) is 5.61. The summed E-state index contributed by atoms with van der Waals surface area (Å²) < 4.78 is 17.8. The van der Waals surface area contributed by atoms with Crippen LogP contribution < -0.4 is 15.9 Å². The first-order valence-electron chi connectivity index (χ1n) is 7.03. The zero-order valence-corrected chi connectivity index (χ0v) is 14.4. The maximum Gasteiger partial charge on any atom is 0.495 e. The molecular weight excluding hydrogens is 288 g/mol. The Balaban J connectivity index is 0.00000220. The van der Waals surface area contributed by atoms with Gasteiger partial charge in [0, 0.05) is 11.8 Å². The van der Waals surface area contributed by atoms with Crippen LogP contribution in [-0.2, 0) is 9.31 Å². The molecule has 0 amide bonds. The normalized spacial score (nSPS) is 19.5. The summed E-state index contributed by atoms with van der Waals surface area (Å²) in [5.74, 6) is 0.740. The first kappa shape index (κ1) is 18.1. The lowest BCUT2D eigenvalue weighted by molar-refractivity contribution is 0.00578. The Bertz CT molecular complexity index is 490. The van der Waals surface area contributed by atoms with Gasteiger partial charge in [0.05, 0.1) is 17.3 Å². The summed E-state index contributed by atoms with van der Waals surface area (Å²) in [4.78, 5) is 0. The van der Waals surface area contributed by atoms with E-state index in [-0.39, 0.29) is 29.7 Å². The third-order valence-electron chi connectivity index (χ3n) is 3.85. The molecular formula is C15H25BClNO3. The van der Waals surface area contributed by atoms with Gasteiger partial charge in [-0.15, -0.1) is 12.4 Å². The average molecular weight is 314 g/mol. The van der Waals surface area contributed by atoms with Crippen LogP contribution in [0.5, 0.6) is 5.75 Å². The Labute approximate surface area is 133 Å². The second-order valence-electron chi connectivity index (χ2n) is 6.59. The molecule has 0 radical (unpaired) electrons. The van der Waals surface area contributed by atoms with E-state index in [4.69, 9.17) is 19.8 Å². The average Bonchev–Trinajstić information content (AvgIpc) is 2.46. The summed E-state index contributed by atoms with van der Waals surface area (Å²) in [6.45, 7) is 12.1. The maximum absolute atomic E-state index is 6.03. The van der Waals surface area contributed by atoms with Crippen molar-refractivity contribution in [3.8, 4) is 5.75 Å². The van der Waals surface area contributed by atoms with Crippen molar-refractivity contribution in [2.75, 3.05) is 5.73 Å². The molecule has 21 heavy (non-hydrogen) atoms. The summed E-state index contributed by atoms with van der Waals surface area (Å²) in [5.41, 5.74) is 6.76. The van der Waals surface area contributed by atoms with Crippen LogP contribution in [0.15, 0.2) is 18.2 Å². The van der Waals surface area contributed by atoms with E-state index in [1.54, 1.807) is 0 Å². The summed E-state index contributed by atoms with van der Waals surface area (Å²) in [5, 5.41) is 0. The molecule has 2 N–H and O–H groups in total. The van der Waals surface area contributed by atoms with E-state index < -0.39 is 7.12 Å². The van der Waals surface area contributed by atoms with Gasteiger partial charge in [-0.1, -0.05) is 0 Å². The van der Waals surface area contributed by atoms with Crippen molar-refractivity contribution in [2.45, 2.75) is 58.8 Å². The Morgan fingerprint density at radius 1 is 1.05 bits per heavy atom. The van der Waals surface area contributed by atoms with Crippen LogP contribution in [0, 0.1) is 0 Å². The van der Waals surface area contributed by atoms with E-state index in [1.165, 1.54) is 0 Å². The summed E-state index contributed by atoms with van der Waals surface area (Å²) in [6.07, 6.45) is 0.1000. The Morgan fingerprint density at radius 2 is 1.57 bits per heavy atom. The summed E-state index contributed by atoms with van der Waals surface area (Å²) >= 11 is 0. The smallest absolute Gasteiger partial charge is 0.491 e. The highest BCUT2D eigenvalue weighted by Crippen LogP contribution is 2.36. The molecule has 1 saturated heterocycles. The fourth-order valence-corrected chi connectivity index (χ4v) is 2.10. The van der Waals surface area contributed by atoms with Crippen molar-refractivity contribution in [2.24, 2.45) is 0 Å². The van der Waals surface area contributed by atoms with Crippen molar-refractivity contribution in [3.63, 3.8) is 0 Å². The number of benzene rings is 1. The van der Waals surface area contributed by atoms with E-state index in [0.717, 1.165) is 11.2 Å². The van der Waals surface area contributed by atoms with Gasteiger partial charge < -0.3 is 19.8 Å². The lowest BCUT2D eigenvalue weighted by Crippen LogP contribution is -2.41. The second kappa shape index (κ2) is 6.07. The van der Waals surface area contributed by atoms with Gasteiger partial charge in [-0.2, -0.15) is 0 Å². The number of hydrogen-bond acceptors (Lipinski definition) is 4. The van der Waals surface area contributed by atoms with Gasteiger partial charge in [0.1, 0.15) is 5.75 Å². The molecule has 0 unspecified atom stereocenters. The van der Waals surface area contributed by atoms with E-state index in [1.807, 2.05) is 59.7 Å². The first-order chi connectivity index (χ1) is 9.10. The van der Waals surface area contributed by atoms with Gasteiger partial charge in [0.15, 0.2) is 0 Å². The van der Waals surface area contributed by atoms with Crippen LogP contribution in [-0.4, -0.2) is 24.4 Å². The molecule has 6 heteroatoms. The SMILES string of the molecule is CC(C)Oc1cc(N)cc(B2OC(C)(C)C(C)(C)O2)c1.Cl. The number of nitrogen functional groups attached to an aromatic ring is 1. The van der Waals surface area contributed by atoms with Gasteiger partial charge in [-0.25, -0.2) is 0 Å². The fraction of sp³-hybridized carbons (Fsp3) is 0.600. The molecule has 0 saturated carbocycles. The molecule has 0 spiro atoms. The molecule has 1 aliphatic heterocycles. The van der Waals surface area contributed by atoms with Crippen molar-refractivity contribution < 1.29 is 14.0 Å². The monoisotopic (exact) mass is 313 g/mol. The molecule has 1 fully saturated rings. The van der Waals surface area contributed by atoms with Crippen molar-refractivity contribution in [3.05, 3.63) is 18.2 Å². The van der Waals surface area contributed by atoms with Crippen molar-refractivity contribution in [1.29, 1.82) is 0 Å². The molecule has 2 rings (SSSR count). The van der Waals surface area contributed by atoms with Crippen LogP contribution in [0.1, 0.15) is 41.5 Å². The van der Waals surface area contributed by atoms with Gasteiger partial charge in [-0.05, 0) is 59.1 Å². The molecule has 4 nitrogen and oxygen atoms in total. The van der Waals surface area contributed by atoms with E-state index >= 15 is 0 Å². The van der Waals surface area contributed by atoms with Crippen molar-refractivity contribution >= 4 is 30.7 Å². The predicted octanol–water partition coefficient (Wildman–Crippen LogP) is 2.78. The van der Waals surface area contributed by atoms with Gasteiger partial charge in [-0.3, -0.25) is 0 Å². The topological polar surface area (TPSA) is 53.7 Å². The molecule has 0 atom stereocenters.